The Morgan fingerprint density at radius 1 is 0.230 bits per heavy atom. The van der Waals surface area contributed by atoms with Gasteiger partial charge in [0.1, 0.15) is 0 Å². The van der Waals surface area contributed by atoms with Gasteiger partial charge in [-0.05, 0) is 40.5 Å². The van der Waals surface area contributed by atoms with Crippen LogP contribution in [0.15, 0.2) is 206 Å². The predicted molar refractivity (Wildman–Crippen MR) is 250 cm³/mol. The van der Waals surface area contributed by atoms with Gasteiger partial charge in [-0.15, -0.1) is 11.3 Å². The molecule has 0 aliphatic carbocycles. The van der Waals surface area contributed by atoms with Crippen LogP contribution in [0.3, 0.4) is 0 Å². The SMILES string of the molecule is c1ccc(-c2nc(-c3ccc(-c4ccc5c(c4)sc4ccccc45)c(-c4nc(-c5ccccc5)nc(-c5ccccc5)n4)c3)nc(-c3ccccc3-c3ccccc3)n2)cc1. The number of aromatic nitrogens is 6. The maximum absolute atomic E-state index is 5.24. The first-order chi connectivity index (χ1) is 30.2. The molecule has 0 atom stereocenters. The molecular formula is C54H34N6S. The third-order valence-corrected chi connectivity index (χ3v) is 12.0. The fourth-order valence-electron chi connectivity index (χ4n) is 7.83. The molecular weight excluding hydrogens is 765 g/mol. The quantitative estimate of drug-likeness (QED) is 0.152. The van der Waals surface area contributed by atoms with Crippen molar-refractivity contribution in [2.45, 2.75) is 0 Å². The van der Waals surface area contributed by atoms with Crippen LogP contribution in [0.25, 0.3) is 111 Å². The van der Waals surface area contributed by atoms with Crippen molar-refractivity contribution in [1.29, 1.82) is 0 Å². The van der Waals surface area contributed by atoms with Crippen LogP contribution in [0.5, 0.6) is 0 Å². The topological polar surface area (TPSA) is 77.3 Å². The average Bonchev–Trinajstić information content (AvgIpc) is 3.73. The number of benzene rings is 8. The number of hydrogen-bond donors (Lipinski definition) is 0. The second-order valence-corrected chi connectivity index (χ2v) is 15.8. The minimum absolute atomic E-state index is 0.542. The van der Waals surface area contributed by atoms with Gasteiger partial charge in [0.15, 0.2) is 34.9 Å². The summed E-state index contributed by atoms with van der Waals surface area (Å²) in [5, 5.41) is 2.50. The molecule has 7 heteroatoms. The third kappa shape index (κ3) is 7.03. The summed E-state index contributed by atoms with van der Waals surface area (Å²) in [6.07, 6.45) is 0. The number of nitrogens with zero attached hydrogens (tertiary/aromatic N) is 6. The van der Waals surface area contributed by atoms with Gasteiger partial charge in [-0.2, -0.15) is 0 Å². The van der Waals surface area contributed by atoms with Crippen molar-refractivity contribution in [3.8, 4) is 90.6 Å². The maximum Gasteiger partial charge on any atom is 0.164 e. The van der Waals surface area contributed by atoms with Crippen LogP contribution in [0.4, 0.5) is 0 Å². The zero-order chi connectivity index (χ0) is 40.5. The molecule has 0 aliphatic heterocycles. The van der Waals surface area contributed by atoms with E-state index < -0.39 is 0 Å². The van der Waals surface area contributed by atoms with E-state index in [1.54, 1.807) is 11.3 Å². The molecule has 11 rings (SSSR count). The molecule has 3 aromatic heterocycles. The monoisotopic (exact) mass is 798 g/mol. The standard InChI is InChI=1S/C54H34N6S/c1-5-17-35(18-6-1)41-25-13-14-27-45(41)53-57-51(38-23-11-4-12-24-38)56-52(60-53)40-30-31-42(39-29-32-44-43-26-15-16-28-47(43)61-48(44)34-39)46(33-40)54-58-49(36-19-7-2-8-20-36)55-50(59-54)37-21-9-3-10-22-37/h1-34H. The smallest absolute Gasteiger partial charge is 0.164 e. The van der Waals surface area contributed by atoms with Crippen molar-refractivity contribution in [2.24, 2.45) is 0 Å². The Bertz CT molecular complexity index is 3300. The highest BCUT2D eigenvalue weighted by Gasteiger charge is 2.21. The molecule has 0 saturated heterocycles. The van der Waals surface area contributed by atoms with E-state index in [9.17, 15) is 0 Å². The molecule has 3 heterocycles. The Morgan fingerprint density at radius 2 is 0.639 bits per heavy atom. The van der Waals surface area contributed by atoms with Gasteiger partial charge in [0.2, 0.25) is 0 Å². The predicted octanol–water partition coefficient (Wildman–Crippen LogP) is 13.8. The summed E-state index contributed by atoms with van der Waals surface area (Å²) in [4.78, 5) is 31.0. The molecule has 0 radical (unpaired) electrons. The lowest BCUT2D eigenvalue weighted by Crippen LogP contribution is -2.03. The van der Waals surface area contributed by atoms with E-state index in [1.807, 2.05) is 103 Å². The van der Waals surface area contributed by atoms with Gasteiger partial charge in [-0.1, -0.05) is 188 Å². The van der Waals surface area contributed by atoms with Gasteiger partial charge < -0.3 is 0 Å². The fourth-order valence-corrected chi connectivity index (χ4v) is 8.98. The zero-order valence-corrected chi connectivity index (χ0v) is 33.5. The normalized spacial score (nSPS) is 11.3. The van der Waals surface area contributed by atoms with Crippen molar-refractivity contribution < 1.29 is 0 Å². The van der Waals surface area contributed by atoms with Crippen LogP contribution in [-0.4, -0.2) is 29.9 Å². The molecule has 0 unspecified atom stereocenters. The number of rotatable bonds is 8. The van der Waals surface area contributed by atoms with E-state index in [0.717, 1.165) is 55.6 Å². The van der Waals surface area contributed by atoms with E-state index in [-0.39, 0.29) is 0 Å². The minimum atomic E-state index is 0.542. The van der Waals surface area contributed by atoms with E-state index in [0.29, 0.717) is 34.9 Å². The van der Waals surface area contributed by atoms with Gasteiger partial charge in [0.05, 0.1) is 0 Å². The largest absolute Gasteiger partial charge is 0.208 e. The molecule has 11 aromatic rings. The van der Waals surface area contributed by atoms with Gasteiger partial charge in [0.25, 0.3) is 0 Å². The van der Waals surface area contributed by atoms with Crippen LogP contribution in [0.1, 0.15) is 0 Å². The zero-order valence-electron chi connectivity index (χ0n) is 32.7. The molecule has 0 aliphatic rings. The summed E-state index contributed by atoms with van der Waals surface area (Å²) in [6.45, 7) is 0. The molecule has 286 valence electrons. The van der Waals surface area contributed by atoms with E-state index >= 15 is 0 Å². The molecule has 8 aromatic carbocycles. The number of hydrogen-bond acceptors (Lipinski definition) is 7. The van der Waals surface area contributed by atoms with Crippen molar-refractivity contribution >= 4 is 31.5 Å². The van der Waals surface area contributed by atoms with Crippen molar-refractivity contribution in [3.05, 3.63) is 206 Å². The first kappa shape index (κ1) is 36.1. The van der Waals surface area contributed by atoms with Crippen LogP contribution in [-0.2, 0) is 0 Å². The molecule has 0 bridgehead atoms. The van der Waals surface area contributed by atoms with Crippen molar-refractivity contribution in [3.63, 3.8) is 0 Å². The first-order valence-electron chi connectivity index (χ1n) is 20.1. The Morgan fingerprint density at radius 3 is 1.23 bits per heavy atom. The Labute approximate surface area is 356 Å². The minimum Gasteiger partial charge on any atom is -0.208 e. The second kappa shape index (κ2) is 15.6. The van der Waals surface area contributed by atoms with E-state index in [4.69, 9.17) is 29.9 Å². The summed E-state index contributed by atoms with van der Waals surface area (Å²) in [5.41, 5.74) is 9.43. The summed E-state index contributed by atoms with van der Waals surface area (Å²) >= 11 is 1.80. The number of fused-ring (bicyclic) bond motifs is 3. The maximum atomic E-state index is 5.24. The lowest BCUT2D eigenvalue weighted by molar-refractivity contribution is 1.07. The van der Waals surface area contributed by atoms with Crippen molar-refractivity contribution in [1.82, 2.24) is 29.9 Å². The second-order valence-electron chi connectivity index (χ2n) is 14.7. The average molecular weight is 799 g/mol. The van der Waals surface area contributed by atoms with E-state index in [2.05, 4.69) is 103 Å². The highest BCUT2D eigenvalue weighted by atomic mass is 32.1. The van der Waals surface area contributed by atoms with E-state index in [1.165, 1.54) is 20.2 Å². The van der Waals surface area contributed by atoms with Crippen molar-refractivity contribution in [2.75, 3.05) is 0 Å². The van der Waals surface area contributed by atoms with Gasteiger partial charge in [-0.3, -0.25) is 0 Å². The summed E-state index contributed by atoms with van der Waals surface area (Å²) in [6, 6.07) is 70.5. The molecule has 0 amide bonds. The Balaban J connectivity index is 1.15. The molecule has 6 nitrogen and oxygen atoms in total. The Kier molecular flexibility index (Phi) is 9.26. The molecule has 61 heavy (non-hydrogen) atoms. The number of thiophene rings is 1. The summed E-state index contributed by atoms with van der Waals surface area (Å²) in [5.74, 6) is 3.44. The van der Waals surface area contributed by atoms with Crippen LogP contribution in [0, 0.1) is 0 Å². The molecule has 0 fully saturated rings. The van der Waals surface area contributed by atoms with Crippen LogP contribution < -0.4 is 0 Å². The van der Waals surface area contributed by atoms with Gasteiger partial charge in [0, 0.05) is 53.6 Å². The molecule has 0 spiro atoms. The summed E-state index contributed by atoms with van der Waals surface area (Å²) < 4.78 is 2.47. The lowest BCUT2D eigenvalue weighted by Gasteiger charge is -2.15. The third-order valence-electron chi connectivity index (χ3n) is 10.8. The highest BCUT2D eigenvalue weighted by molar-refractivity contribution is 7.25. The molecule has 0 saturated carbocycles. The highest BCUT2D eigenvalue weighted by Crippen LogP contribution is 2.41. The van der Waals surface area contributed by atoms with Crippen LogP contribution >= 0.6 is 11.3 Å². The van der Waals surface area contributed by atoms with Gasteiger partial charge in [-0.25, -0.2) is 29.9 Å². The molecule has 0 N–H and O–H groups in total. The van der Waals surface area contributed by atoms with Gasteiger partial charge >= 0.3 is 0 Å². The first-order valence-corrected chi connectivity index (χ1v) is 20.9. The van der Waals surface area contributed by atoms with Crippen LogP contribution in [0.2, 0.25) is 0 Å². The fraction of sp³-hybridized carbons (Fsp3) is 0. The lowest BCUT2D eigenvalue weighted by atomic mass is 9.95. The summed E-state index contributed by atoms with van der Waals surface area (Å²) in [7, 11) is 0. The Hall–Kier alpha value is -8.00.